The largest absolute Gasteiger partial charge is 0.197 e. The van der Waals surface area contributed by atoms with Gasteiger partial charge >= 0.3 is 0 Å². The summed E-state index contributed by atoms with van der Waals surface area (Å²) in [6, 6.07) is 24.2. The van der Waals surface area contributed by atoms with Gasteiger partial charge in [-0.3, -0.25) is 0 Å². The van der Waals surface area contributed by atoms with Crippen molar-refractivity contribution >= 4 is 0 Å². The Morgan fingerprint density at radius 2 is 1.20 bits per heavy atom. The molecule has 98 valence electrons. The lowest BCUT2D eigenvalue weighted by Crippen LogP contribution is -2.16. The number of nitriles is 2. The van der Waals surface area contributed by atoms with Crippen LogP contribution in [0, 0.1) is 28.6 Å². The molecule has 0 aliphatic rings. The molecule has 0 amide bonds. The molecule has 0 radical (unpaired) electrons. The average Bonchev–Trinajstić information content (AvgIpc) is 2.53. The van der Waals surface area contributed by atoms with Crippen molar-refractivity contribution in [2.75, 3.05) is 0 Å². The van der Waals surface area contributed by atoms with Gasteiger partial charge in [0.15, 0.2) is 0 Å². The first-order valence-corrected chi connectivity index (χ1v) is 6.67. The van der Waals surface area contributed by atoms with Gasteiger partial charge in [0.1, 0.15) is 5.92 Å². The van der Waals surface area contributed by atoms with Gasteiger partial charge < -0.3 is 0 Å². The van der Waals surface area contributed by atoms with Gasteiger partial charge in [0, 0.05) is 5.92 Å². The molecule has 2 rings (SSSR count). The van der Waals surface area contributed by atoms with Gasteiger partial charge in [0.2, 0.25) is 0 Å². The maximum atomic E-state index is 9.28. The summed E-state index contributed by atoms with van der Waals surface area (Å²) in [6.07, 6.45) is 0. The first-order valence-electron chi connectivity index (χ1n) is 6.67. The molecule has 0 fully saturated rings. The Morgan fingerprint density at radius 1 is 0.750 bits per heavy atom. The van der Waals surface area contributed by atoms with Crippen LogP contribution in [-0.2, 0) is 0 Å². The van der Waals surface area contributed by atoms with Crippen LogP contribution in [0.5, 0.6) is 0 Å². The molecular formula is C18H16N2. The molecule has 2 nitrogen and oxygen atoms in total. The second kappa shape index (κ2) is 6.55. The van der Waals surface area contributed by atoms with Crippen molar-refractivity contribution in [1.29, 1.82) is 10.5 Å². The Bertz CT molecular complexity index is 606. The summed E-state index contributed by atoms with van der Waals surface area (Å²) in [7, 11) is 0. The van der Waals surface area contributed by atoms with Crippen LogP contribution in [0.1, 0.15) is 29.9 Å². The SMILES string of the molecule is C[C@@H](c1ccccc1)[C@H](c1ccccc1)C(C#N)C#N. The minimum atomic E-state index is -0.646. The van der Waals surface area contributed by atoms with Crippen LogP contribution in [0.4, 0.5) is 0 Å². The Labute approximate surface area is 119 Å². The molecule has 0 bridgehead atoms. The highest BCUT2D eigenvalue weighted by Gasteiger charge is 2.29. The van der Waals surface area contributed by atoms with Crippen LogP contribution >= 0.6 is 0 Å². The average molecular weight is 260 g/mol. The second-order valence-electron chi connectivity index (χ2n) is 4.87. The van der Waals surface area contributed by atoms with Gasteiger partial charge in [-0.1, -0.05) is 67.6 Å². The molecule has 0 N–H and O–H groups in total. The van der Waals surface area contributed by atoms with Crippen molar-refractivity contribution in [1.82, 2.24) is 0 Å². The van der Waals surface area contributed by atoms with E-state index in [1.807, 2.05) is 60.7 Å². The molecule has 2 atom stereocenters. The van der Waals surface area contributed by atoms with E-state index in [0.717, 1.165) is 11.1 Å². The van der Waals surface area contributed by atoms with Crippen molar-refractivity contribution in [2.45, 2.75) is 18.8 Å². The van der Waals surface area contributed by atoms with E-state index in [2.05, 4.69) is 19.1 Å². The zero-order valence-corrected chi connectivity index (χ0v) is 11.4. The number of benzene rings is 2. The Kier molecular flexibility index (Phi) is 4.53. The zero-order valence-electron chi connectivity index (χ0n) is 11.4. The number of nitrogens with zero attached hydrogens (tertiary/aromatic N) is 2. The van der Waals surface area contributed by atoms with Crippen LogP contribution in [0.15, 0.2) is 60.7 Å². The van der Waals surface area contributed by atoms with Gasteiger partial charge in [-0.2, -0.15) is 10.5 Å². The van der Waals surface area contributed by atoms with E-state index < -0.39 is 5.92 Å². The molecule has 2 heteroatoms. The minimum absolute atomic E-state index is 0.114. The molecule has 2 aromatic carbocycles. The summed E-state index contributed by atoms with van der Waals surface area (Å²) in [5, 5.41) is 18.6. The van der Waals surface area contributed by atoms with Gasteiger partial charge in [-0.05, 0) is 17.0 Å². The first kappa shape index (κ1) is 13.8. The summed E-state index contributed by atoms with van der Waals surface area (Å²) in [4.78, 5) is 0. The molecule has 0 unspecified atom stereocenters. The maximum absolute atomic E-state index is 9.28. The van der Waals surface area contributed by atoms with E-state index in [1.54, 1.807) is 0 Å². The topological polar surface area (TPSA) is 47.6 Å². The van der Waals surface area contributed by atoms with Gasteiger partial charge in [-0.15, -0.1) is 0 Å². The Balaban J connectivity index is 2.43. The van der Waals surface area contributed by atoms with Crippen LogP contribution in [0.3, 0.4) is 0 Å². The van der Waals surface area contributed by atoms with E-state index >= 15 is 0 Å². The quantitative estimate of drug-likeness (QED) is 0.825. The molecule has 2 aromatic rings. The fourth-order valence-electron chi connectivity index (χ4n) is 2.60. The lowest BCUT2D eigenvalue weighted by Gasteiger charge is -2.25. The fraction of sp³-hybridized carbons (Fsp3) is 0.222. The standard InChI is InChI=1S/C18H16N2/c1-14(15-8-4-2-5-9-15)18(17(12-19)13-20)16-10-6-3-7-11-16/h2-11,14,17-18H,1H3/t14-,18+/m0/s1. The van der Waals surface area contributed by atoms with Gasteiger partial charge in [0.05, 0.1) is 12.1 Å². The highest BCUT2D eigenvalue weighted by atomic mass is 14.4. The molecule has 0 spiro atoms. The van der Waals surface area contributed by atoms with Crippen LogP contribution in [-0.4, -0.2) is 0 Å². The molecule has 0 heterocycles. The molecule has 0 aromatic heterocycles. The maximum Gasteiger partial charge on any atom is 0.140 e. The van der Waals surface area contributed by atoms with E-state index in [1.165, 1.54) is 0 Å². The molecule has 0 aliphatic heterocycles. The van der Waals surface area contributed by atoms with Crippen LogP contribution < -0.4 is 0 Å². The molecule has 20 heavy (non-hydrogen) atoms. The minimum Gasteiger partial charge on any atom is -0.197 e. The normalized spacial score (nSPS) is 13.2. The number of hydrogen-bond acceptors (Lipinski definition) is 2. The number of rotatable bonds is 4. The van der Waals surface area contributed by atoms with E-state index in [9.17, 15) is 10.5 Å². The van der Waals surface area contributed by atoms with E-state index in [4.69, 9.17) is 0 Å². The van der Waals surface area contributed by atoms with Crippen molar-refractivity contribution in [3.8, 4) is 12.1 Å². The molecule has 0 saturated carbocycles. The molecular weight excluding hydrogens is 244 g/mol. The third-order valence-electron chi connectivity index (χ3n) is 3.69. The van der Waals surface area contributed by atoms with Crippen molar-refractivity contribution < 1.29 is 0 Å². The van der Waals surface area contributed by atoms with Crippen molar-refractivity contribution in [3.63, 3.8) is 0 Å². The fourth-order valence-corrected chi connectivity index (χ4v) is 2.60. The predicted molar refractivity (Wildman–Crippen MR) is 78.8 cm³/mol. The van der Waals surface area contributed by atoms with Crippen LogP contribution in [0.2, 0.25) is 0 Å². The molecule has 0 saturated heterocycles. The third kappa shape index (κ3) is 2.87. The summed E-state index contributed by atoms with van der Waals surface area (Å²) in [6.45, 7) is 2.08. The highest BCUT2D eigenvalue weighted by molar-refractivity contribution is 5.32. The third-order valence-corrected chi connectivity index (χ3v) is 3.69. The van der Waals surface area contributed by atoms with Crippen molar-refractivity contribution in [3.05, 3.63) is 71.8 Å². The Morgan fingerprint density at radius 3 is 1.65 bits per heavy atom. The van der Waals surface area contributed by atoms with Gasteiger partial charge in [-0.25, -0.2) is 0 Å². The van der Waals surface area contributed by atoms with Crippen molar-refractivity contribution in [2.24, 2.45) is 5.92 Å². The molecule has 0 aliphatic carbocycles. The summed E-state index contributed by atoms with van der Waals surface area (Å²) in [5.74, 6) is -0.649. The summed E-state index contributed by atoms with van der Waals surface area (Å²) >= 11 is 0. The lowest BCUT2D eigenvalue weighted by atomic mass is 9.76. The smallest absolute Gasteiger partial charge is 0.140 e. The number of hydrogen-bond donors (Lipinski definition) is 0. The first-order chi connectivity index (χ1) is 9.77. The Hall–Kier alpha value is -2.58. The highest BCUT2D eigenvalue weighted by Crippen LogP contribution is 2.37. The summed E-state index contributed by atoms with van der Waals surface area (Å²) in [5.41, 5.74) is 2.19. The lowest BCUT2D eigenvalue weighted by molar-refractivity contribution is 0.521. The summed E-state index contributed by atoms with van der Waals surface area (Å²) < 4.78 is 0. The van der Waals surface area contributed by atoms with E-state index in [-0.39, 0.29) is 11.8 Å². The van der Waals surface area contributed by atoms with Crippen LogP contribution in [0.25, 0.3) is 0 Å². The van der Waals surface area contributed by atoms with E-state index in [0.29, 0.717) is 0 Å². The predicted octanol–water partition coefficient (Wildman–Crippen LogP) is 4.24. The zero-order chi connectivity index (χ0) is 14.4. The van der Waals surface area contributed by atoms with Gasteiger partial charge in [0.25, 0.3) is 0 Å². The monoisotopic (exact) mass is 260 g/mol. The second-order valence-corrected chi connectivity index (χ2v) is 4.87.